The van der Waals surface area contributed by atoms with Crippen molar-refractivity contribution in [1.82, 2.24) is 5.32 Å². The van der Waals surface area contributed by atoms with E-state index in [9.17, 15) is 0 Å². The lowest BCUT2D eigenvalue weighted by molar-refractivity contribution is 0.298. The van der Waals surface area contributed by atoms with E-state index in [-0.39, 0.29) is 0 Å². The van der Waals surface area contributed by atoms with E-state index in [0.717, 1.165) is 0 Å². The van der Waals surface area contributed by atoms with Gasteiger partial charge in [-0.25, -0.2) is 0 Å². The second kappa shape index (κ2) is 7.07. The molecule has 0 atom stereocenters. The molecule has 0 bridgehead atoms. The number of thioether (sulfide) groups is 1. The lowest BCUT2D eigenvalue weighted by atomic mass is 9.74. The zero-order chi connectivity index (χ0) is 12.7. The fourth-order valence-corrected chi connectivity index (χ4v) is 3.93. The summed E-state index contributed by atoms with van der Waals surface area (Å²) < 4.78 is 0. The molecule has 0 aromatic heterocycles. The molecule has 2 aliphatic heterocycles. The van der Waals surface area contributed by atoms with Crippen molar-refractivity contribution in [3.8, 4) is 0 Å². The van der Waals surface area contributed by atoms with Gasteiger partial charge in [0.2, 0.25) is 0 Å². The Bertz CT molecular complexity index is 309. The minimum Gasteiger partial charge on any atom is -0.317 e. The number of piperidine rings is 1. The van der Waals surface area contributed by atoms with Gasteiger partial charge in [0.25, 0.3) is 0 Å². The van der Waals surface area contributed by atoms with Gasteiger partial charge in [-0.1, -0.05) is 38.7 Å². The molecule has 2 heterocycles. The van der Waals surface area contributed by atoms with Crippen LogP contribution in [0.15, 0.2) is 35.3 Å². The first-order chi connectivity index (χ1) is 8.28. The third-order valence-corrected chi connectivity index (χ3v) is 4.83. The summed E-state index contributed by atoms with van der Waals surface area (Å²) in [4.78, 5) is 1.51. The van der Waals surface area contributed by atoms with Gasteiger partial charge in [-0.15, -0.1) is 11.8 Å². The molecule has 1 nitrogen and oxygen atoms in total. The molecule has 0 unspecified atom stereocenters. The molecule has 0 radical (unpaired) electrons. The van der Waals surface area contributed by atoms with E-state index in [2.05, 4.69) is 31.0 Å². The lowest BCUT2D eigenvalue weighted by Crippen LogP contribution is -2.38. The molecule has 0 saturated carbocycles. The average molecular weight is 251 g/mol. The molecular formula is C15H25NS. The van der Waals surface area contributed by atoms with Gasteiger partial charge in [-0.2, -0.15) is 0 Å². The molecule has 0 aliphatic carbocycles. The number of hydrogen-bond donors (Lipinski definition) is 1. The van der Waals surface area contributed by atoms with Crippen LogP contribution in [0.25, 0.3) is 0 Å². The zero-order valence-corrected chi connectivity index (χ0v) is 12.2. The molecule has 2 aliphatic rings. The molecule has 0 amide bonds. The van der Waals surface area contributed by atoms with Gasteiger partial charge >= 0.3 is 0 Å². The highest BCUT2D eigenvalue weighted by Crippen LogP contribution is 2.50. The molecule has 2 heteroatoms. The first kappa shape index (κ1) is 14.6. The maximum atomic E-state index is 3.75. The monoisotopic (exact) mass is 251 g/mol. The van der Waals surface area contributed by atoms with Crippen LogP contribution in [-0.4, -0.2) is 18.8 Å². The van der Waals surface area contributed by atoms with Crippen molar-refractivity contribution >= 4 is 11.8 Å². The predicted octanol–water partition coefficient (Wildman–Crippen LogP) is 4.15. The van der Waals surface area contributed by atoms with Gasteiger partial charge in [0.15, 0.2) is 0 Å². The third-order valence-electron chi connectivity index (χ3n) is 3.48. The van der Waals surface area contributed by atoms with Gasteiger partial charge in [-0.3, -0.25) is 0 Å². The average Bonchev–Trinajstić information content (AvgIpc) is 2.68. The van der Waals surface area contributed by atoms with Gasteiger partial charge in [0.1, 0.15) is 0 Å². The van der Waals surface area contributed by atoms with Crippen LogP contribution in [0.3, 0.4) is 0 Å². The molecule has 0 aromatic rings. The SMILES string of the molecule is C=C/C=C\C1=C(C)SCC12CCNCC2.CC. The zero-order valence-electron chi connectivity index (χ0n) is 11.4. The molecule has 96 valence electrons. The Kier molecular flexibility index (Phi) is 6.07. The Labute approximate surface area is 110 Å². The summed E-state index contributed by atoms with van der Waals surface area (Å²) in [7, 11) is 0. The fourth-order valence-electron chi connectivity index (χ4n) is 2.55. The Morgan fingerprint density at radius 2 is 1.94 bits per heavy atom. The van der Waals surface area contributed by atoms with E-state index in [0.29, 0.717) is 5.41 Å². The molecule has 1 saturated heterocycles. The highest BCUT2D eigenvalue weighted by atomic mass is 32.2. The largest absolute Gasteiger partial charge is 0.317 e. The van der Waals surface area contributed by atoms with E-state index in [4.69, 9.17) is 0 Å². The van der Waals surface area contributed by atoms with Crippen molar-refractivity contribution in [2.45, 2.75) is 33.6 Å². The summed E-state index contributed by atoms with van der Waals surface area (Å²) in [5, 5.41) is 3.45. The summed E-state index contributed by atoms with van der Waals surface area (Å²) in [6.45, 7) is 12.3. The summed E-state index contributed by atoms with van der Waals surface area (Å²) in [5.41, 5.74) is 2.02. The van der Waals surface area contributed by atoms with Gasteiger partial charge in [0, 0.05) is 11.2 Å². The quantitative estimate of drug-likeness (QED) is 0.740. The van der Waals surface area contributed by atoms with Crippen LogP contribution in [0.5, 0.6) is 0 Å². The fraction of sp³-hybridized carbons (Fsp3) is 0.600. The topological polar surface area (TPSA) is 12.0 Å². The smallest absolute Gasteiger partial charge is 0.00787 e. The summed E-state index contributed by atoms with van der Waals surface area (Å²) in [6.07, 6.45) is 8.79. The van der Waals surface area contributed by atoms with Gasteiger partial charge < -0.3 is 5.32 Å². The Morgan fingerprint density at radius 1 is 1.29 bits per heavy atom. The minimum absolute atomic E-state index is 0.458. The molecule has 1 spiro atoms. The van der Waals surface area contributed by atoms with Crippen LogP contribution >= 0.6 is 11.8 Å². The van der Waals surface area contributed by atoms with E-state index in [1.54, 1.807) is 5.57 Å². The predicted molar refractivity (Wildman–Crippen MR) is 80.4 cm³/mol. The highest BCUT2D eigenvalue weighted by Gasteiger charge is 2.39. The standard InChI is InChI=1S/C13H19NS.C2H6/c1-3-4-5-12-11(2)15-10-13(12)6-8-14-9-7-13;1-2/h3-5,14H,1,6-10H2,2H3;1-2H3/b5-4-;. The van der Waals surface area contributed by atoms with Gasteiger partial charge in [-0.05, 0) is 43.3 Å². The Balaban J connectivity index is 0.000000686. The summed E-state index contributed by atoms with van der Waals surface area (Å²) in [5.74, 6) is 1.28. The maximum absolute atomic E-state index is 3.75. The van der Waals surface area contributed by atoms with E-state index in [1.165, 1.54) is 36.6 Å². The van der Waals surface area contributed by atoms with Crippen molar-refractivity contribution in [3.63, 3.8) is 0 Å². The van der Waals surface area contributed by atoms with E-state index in [1.807, 2.05) is 31.7 Å². The maximum Gasteiger partial charge on any atom is 0.00787 e. The normalized spacial score (nSPS) is 22.8. The highest BCUT2D eigenvalue weighted by molar-refractivity contribution is 8.03. The molecule has 1 fully saturated rings. The second-order valence-electron chi connectivity index (χ2n) is 4.38. The van der Waals surface area contributed by atoms with Gasteiger partial charge in [0.05, 0.1) is 0 Å². The van der Waals surface area contributed by atoms with Crippen LogP contribution in [0.1, 0.15) is 33.6 Å². The number of nitrogens with one attached hydrogen (secondary N) is 1. The first-order valence-electron chi connectivity index (χ1n) is 6.62. The van der Waals surface area contributed by atoms with E-state index >= 15 is 0 Å². The van der Waals surface area contributed by atoms with Crippen LogP contribution in [0.2, 0.25) is 0 Å². The summed E-state index contributed by atoms with van der Waals surface area (Å²) in [6, 6.07) is 0. The molecule has 1 N–H and O–H groups in total. The van der Waals surface area contributed by atoms with Crippen LogP contribution in [0.4, 0.5) is 0 Å². The first-order valence-corrected chi connectivity index (χ1v) is 7.61. The van der Waals surface area contributed by atoms with Crippen molar-refractivity contribution < 1.29 is 0 Å². The number of hydrogen-bond acceptors (Lipinski definition) is 2. The number of allylic oxidation sites excluding steroid dienone is 5. The lowest BCUT2D eigenvalue weighted by Gasteiger charge is -2.35. The Morgan fingerprint density at radius 3 is 2.53 bits per heavy atom. The second-order valence-corrected chi connectivity index (χ2v) is 5.57. The molecular weight excluding hydrogens is 226 g/mol. The van der Waals surface area contributed by atoms with Crippen LogP contribution < -0.4 is 5.32 Å². The molecule has 17 heavy (non-hydrogen) atoms. The van der Waals surface area contributed by atoms with Crippen LogP contribution in [-0.2, 0) is 0 Å². The number of rotatable bonds is 2. The van der Waals surface area contributed by atoms with E-state index < -0.39 is 0 Å². The summed E-state index contributed by atoms with van der Waals surface area (Å²) >= 11 is 2.03. The molecule has 2 rings (SSSR count). The van der Waals surface area contributed by atoms with Crippen molar-refractivity contribution in [2.24, 2.45) is 5.41 Å². The minimum atomic E-state index is 0.458. The third kappa shape index (κ3) is 3.26. The Hall–Kier alpha value is -0.470. The van der Waals surface area contributed by atoms with Crippen molar-refractivity contribution in [2.75, 3.05) is 18.8 Å². The van der Waals surface area contributed by atoms with Crippen LogP contribution in [0, 0.1) is 5.41 Å². The molecule has 0 aromatic carbocycles. The van der Waals surface area contributed by atoms with Crippen molar-refractivity contribution in [3.05, 3.63) is 35.3 Å². The van der Waals surface area contributed by atoms with Crippen molar-refractivity contribution in [1.29, 1.82) is 0 Å².